The van der Waals surface area contributed by atoms with Gasteiger partial charge in [-0.15, -0.1) is 0 Å². The minimum absolute atomic E-state index is 0.712. The topological polar surface area (TPSA) is 15.3 Å². The van der Waals surface area contributed by atoms with Crippen molar-refractivity contribution in [1.82, 2.24) is 10.2 Å². The Morgan fingerprint density at radius 2 is 1.67 bits per heavy atom. The van der Waals surface area contributed by atoms with E-state index in [1.807, 2.05) is 0 Å². The molecule has 2 nitrogen and oxygen atoms in total. The van der Waals surface area contributed by atoms with Gasteiger partial charge in [0.2, 0.25) is 0 Å². The zero-order valence-corrected chi connectivity index (χ0v) is 11.3. The molecular weight excluding hydrogens is 184 g/mol. The van der Waals surface area contributed by atoms with Crippen molar-refractivity contribution >= 4 is 0 Å². The Kier molecular flexibility index (Phi) is 9.12. The molecule has 0 amide bonds. The van der Waals surface area contributed by atoms with Gasteiger partial charge >= 0.3 is 0 Å². The lowest BCUT2D eigenvalue weighted by Crippen LogP contribution is -2.35. The van der Waals surface area contributed by atoms with Crippen molar-refractivity contribution in [3.8, 4) is 0 Å². The maximum absolute atomic E-state index is 3.60. The van der Waals surface area contributed by atoms with Crippen molar-refractivity contribution in [2.45, 2.75) is 53.0 Å². The molecule has 1 N–H and O–H groups in total. The van der Waals surface area contributed by atoms with Crippen LogP contribution in [0.1, 0.15) is 47.0 Å². The first-order valence-corrected chi connectivity index (χ1v) is 6.52. The quantitative estimate of drug-likeness (QED) is 0.635. The van der Waals surface area contributed by atoms with Crippen LogP contribution in [0.4, 0.5) is 0 Å². The number of rotatable bonds is 9. The largest absolute Gasteiger partial charge is 0.313 e. The van der Waals surface area contributed by atoms with Crippen LogP contribution in [0.15, 0.2) is 0 Å². The average molecular weight is 214 g/mol. The molecule has 0 atom stereocenters. The molecule has 0 aliphatic rings. The Bertz CT molecular complexity index is 130. The molecule has 0 saturated carbocycles. The molecule has 92 valence electrons. The summed E-state index contributed by atoms with van der Waals surface area (Å²) in [7, 11) is 2.22. The van der Waals surface area contributed by atoms with E-state index in [2.05, 4.69) is 45.0 Å². The molecule has 15 heavy (non-hydrogen) atoms. The Labute approximate surface area is 96.4 Å². The van der Waals surface area contributed by atoms with Gasteiger partial charge in [0.15, 0.2) is 0 Å². The van der Waals surface area contributed by atoms with E-state index in [-0.39, 0.29) is 0 Å². The van der Waals surface area contributed by atoms with E-state index in [1.54, 1.807) is 0 Å². The van der Waals surface area contributed by atoms with Gasteiger partial charge in [-0.05, 0) is 38.8 Å². The molecule has 0 aliphatic heterocycles. The zero-order valence-electron chi connectivity index (χ0n) is 11.3. The highest BCUT2D eigenvalue weighted by molar-refractivity contribution is 4.64. The maximum Gasteiger partial charge on any atom is 0.0104 e. The third-order valence-electron chi connectivity index (χ3n) is 3.00. The van der Waals surface area contributed by atoms with Gasteiger partial charge in [-0.3, -0.25) is 0 Å². The number of nitrogens with zero attached hydrogens (tertiary/aromatic N) is 1. The van der Waals surface area contributed by atoms with Crippen molar-refractivity contribution in [3.05, 3.63) is 0 Å². The summed E-state index contributed by atoms with van der Waals surface area (Å²) in [5.41, 5.74) is 0. The van der Waals surface area contributed by atoms with Gasteiger partial charge in [0, 0.05) is 19.1 Å². The van der Waals surface area contributed by atoms with Crippen molar-refractivity contribution in [3.63, 3.8) is 0 Å². The van der Waals surface area contributed by atoms with Gasteiger partial charge in [-0.1, -0.05) is 27.7 Å². The van der Waals surface area contributed by atoms with Crippen molar-refractivity contribution < 1.29 is 0 Å². The Morgan fingerprint density at radius 3 is 2.13 bits per heavy atom. The highest BCUT2D eigenvalue weighted by Gasteiger charge is 2.03. The van der Waals surface area contributed by atoms with Gasteiger partial charge in [-0.25, -0.2) is 0 Å². The Balaban J connectivity index is 3.41. The van der Waals surface area contributed by atoms with Crippen LogP contribution in [0.25, 0.3) is 0 Å². The van der Waals surface area contributed by atoms with Crippen LogP contribution in [0.2, 0.25) is 0 Å². The molecule has 0 fully saturated rings. The second-order valence-corrected chi connectivity index (χ2v) is 4.95. The molecule has 2 heteroatoms. The molecule has 0 aromatic rings. The van der Waals surface area contributed by atoms with Gasteiger partial charge in [0.1, 0.15) is 0 Å². The van der Waals surface area contributed by atoms with Crippen molar-refractivity contribution in [2.75, 3.05) is 26.7 Å². The molecule has 0 unspecified atom stereocenters. The second kappa shape index (κ2) is 9.17. The summed E-state index contributed by atoms with van der Waals surface area (Å²) in [4.78, 5) is 2.43. The second-order valence-electron chi connectivity index (χ2n) is 4.95. The lowest BCUT2D eigenvalue weighted by Gasteiger charge is -2.20. The van der Waals surface area contributed by atoms with Crippen LogP contribution in [-0.2, 0) is 0 Å². The number of hydrogen-bond acceptors (Lipinski definition) is 2. The highest BCUT2D eigenvalue weighted by atomic mass is 15.1. The summed E-state index contributed by atoms with van der Waals surface area (Å²) in [6.45, 7) is 12.6. The van der Waals surface area contributed by atoms with E-state index in [1.165, 1.54) is 32.4 Å². The van der Waals surface area contributed by atoms with Crippen LogP contribution < -0.4 is 5.32 Å². The number of likely N-dealkylation sites (N-methyl/N-ethyl adjacent to an activating group) is 1. The fourth-order valence-corrected chi connectivity index (χ4v) is 1.63. The first-order valence-electron chi connectivity index (χ1n) is 6.52. The van der Waals surface area contributed by atoms with Gasteiger partial charge in [-0.2, -0.15) is 0 Å². The van der Waals surface area contributed by atoms with Crippen LogP contribution in [-0.4, -0.2) is 37.6 Å². The van der Waals surface area contributed by atoms with E-state index in [4.69, 9.17) is 0 Å². The van der Waals surface area contributed by atoms with E-state index < -0.39 is 0 Å². The Hall–Kier alpha value is -0.0800. The molecule has 0 rings (SSSR count). The summed E-state index contributed by atoms with van der Waals surface area (Å²) < 4.78 is 0. The predicted molar refractivity (Wildman–Crippen MR) is 69.3 cm³/mol. The lowest BCUT2D eigenvalue weighted by molar-refractivity contribution is 0.301. The zero-order chi connectivity index (χ0) is 11.7. The minimum Gasteiger partial charge on any atom is -0.313 e. The minimum atomic E-state index is 0.712. The van der Waals surface area contributed by atoms with E-state index >= 15 is 0 Å². The van der Waals surface area contributed by atoms with E-state index in [9.17, 15) is 0 Å². The summed E-state index contributed by atoms with van der Waals surface area (Å²) in [6, 6.07) is 0.712. The first-order chi connectivity index (χ1) is 7.10. The van der Waals surface area contributed by atoms with Crippen molar-refractivity contribution in [1.29, 1.82) is 0 Å². The van der Waals surface area contributed by atoms with Crippen LogP contribution in [0.3, 0.4) is 0 Å². The fourth-order valence-electron chi connectivity index (χ4n) is 1.63. The van der Waals surface area contributed by atoms with Gasteiger partial charge in [0.05, 0.1) is 0 Å². The summed E-state index contributed by atoms with van der Waals surface area (Å²) >= 11 is 0. The standard InChI is InChI=1S/C13H30N2/c1-6-13(7-2)14-9-11-15(5)10-8-12(3)4/h12-14H,6-11H2,1-5H3. The monoisotopic (exact) mass is 214 g/mol. The van der Waals surface area contributed by atoms with Crippen LogP contribution >= 0.6 is 0 Å². The molecule has 0 bridgehead atoms. The molecular formula is C13H30N2. The molecule has 0 aromatic carbocycles. The normalized spacial score (nSPS) is 12.0. The number of nitrogens with one attached hydrogen (secondary N) is 1. The van der Waals surface area contributed by atoms with Crippen LogP contribution in [0, 0.1) is 5.92 Å². The molecule has 0 heterocycles. The van der Waals surface area contributed by atoms with E-state index in [0.717, 1.165) is 12.5 Å². The first kappa shape index (κ1) is 14.9. The van der Waals surface area contributed by atoms with Gasteiger partial charge in [0.25, 0.3) is 0 Å². The molecule has 0 radical (unpaired) electrons. The van der Waals surface area contributed by atoms with Gasteiger partial charge < -0.3 is 10.2 Å². The predicted octanol–water partition coefficient (Wildman–Crippen LogP) is 2.74. The third-order valence-corrected chi connectivity index (χ3v) is 3.00. The highest BCUT2D eigenvalue weighted by Crippen LogP contribution is 2.00. The summed E-state index contributed by atoms with van der Waals surface area (Å²) in [5.74, 6) is 0.819. The lowest BCUT2D eigenvalue weighted by atomic mass is 10.1. The van der Waals surface area contributed by atoms with E-state index in [0.29, 0.717) is 6.04 Å². The third kappa shape index (κ3) is 8.88. The molecule has 0 aromatic heterocycles. The maximum atomic E-state index is 3.60. The van der Waals surface area contributed by atoms with Crippen molar-refractivity contribution in [2.24, 2.45) is 5.92 Å². The van der Waals surface area contributed by atoms with Crippen LogP contribution in [0.5, 0.6) is 0 Å². The Morgan fingerprint density at radius 1 is 1.07 bits per heavy atom. The smallest absolute Gasteiger partial charge is 0.0104 e. The number of hydrogen-bond donors (Lipinski definition) is 1. The molecule has 0 saturated heterocycles. The summed E-state index contributed by atoms with van der Waals surface area (Å²) in [6.07, 6.45) is 3.79. The summed E-state index contributed by atoms with van der Waals surface area (Å²) in [5, 5.41) is 3.60. The SMILES string of the molecule is CCC(CC)NCCN(C)CCC(C)C. The average Bonchev–Trinajstić information content (AvgIpc) is 2.21. The molecule has 0 aliphatic carbocycles. The molecule has 0 spiro atoms. The fraction of sp³-hybridized carbons (Fsp3) is 1.00.